The predicted octanol–water partition coefficient (Wildman–Crippen LogP) is 4.29. The first kappa shape index (κ1) is 23.4. The first-order valence-electron chi connectivity index (χ1n) is 11.3. The molecule has 6 nitrogen and oxygen atoms in total. The first-order chi connectivity index (χ1) is 16.8. The summed E-state index contributed by atoms with van der Waals surface area (Å²) in [5.74, 6) is -1.10. The lowest BCUT2D eigenvalue weighted by atomic mass is 9.81. The summed E-state index contributed by atoms with van der Waals surface area (Å²) in [5, 5.41) is 0. The highest BCUT2D eigenvalue weighted by atomic mass is 32.2. The number of piperidine rings is 1. The Labute approximate surface area is 202 Å². The Morgan fingerprint density at radius 3 is 2.09 bits per heavy atom. The lowest BCUT2D eigenvalue weighted by Crippen LogP contribution is -2.49. The molecule has 1 atom stereocenters. The van der Waals surface area contributed by atoms with Crippen LogP contribution in [0.4, 0.5) is 8.78 Å². The predicted molar refractivity (Wildman–Crippen MR) is 124 cm³/mol. The van der Waals surface area contributed by atoms with Crippen molar-refractivity contribution < 1.29 is 31.5 Å². The molecule has 0 spiro atoms. The first-order valence-corrected chi connectivity index (χ1v) is 12.7. The van der Waals surface area contributed by atoms with Crippen LogP contribution in [0.15, 0.2) is 71.6 Å². The van der Waals surface area contributed by atoms with Gasteiger partial charge in [-0.15, -0.1) is 0 Å². The summed E-state index contributed by atoms with van der Waals surface area (Å²) in [7, 11) is -4.13. The second-order valence-electron chi connectivity index (χ2n) is 8.54. The van der Waals surface area contributed by atoms with E-state index in [9.17, 15) is 22.0 Å². The van der Waals surface area contributed by atoms with Crippen LogP contribution in [0.25, 0.3) is 0 Å². The number of hydrogen-bond donors (Lipinski definition) is 0. The SMILES string of the molecule is O=C1CCN(S(=O)(=O)c2cccc3c2OCCO3)C(C(c2ccc(F)cc2)c2ccc(F)cc2)C1. The quantitative estimate of drug-likeness (QED) is 0.524. The molecule has 3 aromatic rings. The van der Waals surface area contributed by atoms with Gasteiger partial charge in [-0.3, -0.25) is 4.79 Å². The molecule has 0 saturated carbocycles. The van der Waals surface area contributed by atoms with E-state index in [0.717, 1.165) is 0 Å². The van der Waals surface area contributed by atoms with Crippen molar-refractivity contribution in [3.05, 3.63) is 89.5 Å². The molecule has 9 heteroatoms. The third-order valence-electron chi connectivity index (χ3n) is 6.38. The lowest BCUT2D eigenvalue weighted by Gasteiger charge is -2.39. The van der Waals surface area contributed by atoms with E-state index in [0.29, 0.717) is 23.5 Å². The van der Waals surface area contributed by atoms with Gasteiger partial charge in [0.15, 0.2) is 11.5 Å². The third-order valence-corrected chi connectivity index (χ3v) is 8.33. The number of hydrogen-bond acceptors (Lipinski definition) is 5. The summed E-state index contributed by atoms with van der Waals surface area (Å²) in [6.07, 6.45) is 0.0344. The second-order valence-corrected chi connectivity index (χ2v) is 10.4. The number of rotatable bonds is 5. The fraction of sp³-hybridized carbons (Fsp3) is 0.269. The molecule has 0 bridgehead atoms. The van der Waals surface area contributed by atoms with Gasteiger partial charge in [0, 0.05) is 31.3 Å². The molecule has 1 fully saturated rings. The number of Topliss-reactive ketones (excluding diaryl/α,β-unsaturated/α-hetero) is 1. The highest BCUT2D eigenvalue weighted by Crippen LogP contribution is 2.42. The van der Waals surface area contributed by atoms with Gasteiger partial charge in [-0.2, -0.15) is 4.31 Å². The number of sulfonamides is 1. The van der Waals surface area contributed by atoms with Crippen LogP contribution in [0.1, 0.15) is 29.9 Å². The van der Waals surface area contributed by atoms with E-state index in [1.54, 1.807) is 36.4 Å². The average Bonchev–Trinajstić information content (AvgIpc) is 2.86. The number of ketones is 1. The van der Waals surface area contributed by atoms with Gasteiger partial charge < -0.3 is 9.47 Å². The van der Waals surface area contributed by atoms with Gasteiger partial charge in [0.2, 0.25) is 10.0 Å². The van der Waals surface area contributed by atoms with Crippen molar-refractivity contribution in [3.8, 4) is 11.5 Å². The number of fused-ring (bicyclic) bond motifs is 1. The number of nitrogens with zero attached hydrogens (tertiary/aromatic N) is 1. The molecule has 2 heterocycles. The van der Waals surface area contributed by atoms with Gasteiger partial charge in [0.25, 0.3) is 0 Å². The minimum atomic E-state index is -4.13. The summed E-state index contributed by atoms with van der Waals surface area (Å²) in [4.78, 5) is 12.6. The van der Waals surface area contributed by atoms with Gasteiger partial charge in [0.1, 0.15) is 35.5 Å². The Kier molecular flexibility index (Phi) is 6.29. The molecule has 2 aliphatic rings. The fourth-order valence-corrected chi connectivity index (χ4v) is 6.56. The van der Waals surface area contributed by atoms with Crippen molar-refractivity contribution in [2.75, 3.05) is 19.8 Å². The van der Waals surface area contributed by atoms with Crippen molar-refractivity contribution in [2.45, 2.75) is 29.7 Å². The summed E-state index contributed by atoms with van der Waals surface area (Å²) in [6, 6.07) is 15.3. The Bertz CT molecular complexity index is 1300. The van der Waals surface area contributed by atoms with Crippen molar-refractivity contribution in [2.24, 2.45) is 0 Å². The van der Waals surface area contributed by atoms with Gasteiger partial charge in [-0.05, 0) is 47.5 Å². The van der Waals surface area contributed by atoms with Crippen molar-refractivity contribution in [1.82, 2.24) is 4.31 Å². The molecule has 2 aliphatic heterocycles. The van der Waals surface area contributed by atoms with Crippen LogP contribution < -0.4 is 9.47 Å². The number of ether oxygens (including phenoxy) is 2. The molecule has 1 saturated heterocycles. The monoisotopic (exact) mass is 499 g/mol. The Balaban J connectivity index is 1.64. The largest absolute Gasteiger partial charge is 0.486 e. The zero-order chi connectivity index (χ0) is 24.6. The zero-order valence-corrected chi connectivity index (χ0v) is 19.5. The van der Waals surface area contributed by atoms with Gasteiger partial charge >= 0.3 is 0 Å². The van der Waals surface area contributed by atoms with E-state index in [4.69, 9.17) is 9.47 Å². The average molecular weight is 500 g/mol. The van der Waals surface area contributed by atoms with Crippen LogP contribution in [0.2, 0.25) is 0 Å². The van der Waals surface area contributed by atoms with Crippen molar-refractivity contribution in [3.63, 3.8) is 0 Å². The van der Waals surface area contributed by atoms with Gasteiger partial charge in [-0.25, -0.2) is 17.2 Å². The number of halogens is 2. The van der Waals surface area contributed by atoms with Crippen molar-refractivity contribution >= 4 is 15.8 Å². The van der Waals surface area contributed by atoms with E-state index >= 15 is 0 Å². The van der Waals surface area contributed by atoms with Crippen LogP contribution >= 0.6 is 0 Å². The molecule has 3 aromatic carbocycles. The molecule has 0 aliphatic carbocycles. The van der Waals surface area contributed by atoms with Gasteiger partial charge in [0.05, 0.1) is 0 Å². The maximum absolute atomic E-state index is 14.0. The third kappa shape index (κ3) is 4.53. The minimum absolute atomic E-state index is 0.0186. The summed E-state index contributed by atoms with van der Waals surface area (Å²) in [5.41, 5.74) is 1.24. The highest BCUT2D eigenvalue weighted by Gasteiger charge is 2.43. The van der Waals surface area contributed by atoms with Crippen LogP contribution in [0, 0.1) is 11.6 Å². The smallest absolute Gasteiger partial charge is 0.247 e. The Morgan fingerprint density at radius 2 is 1.46 bits per heavy atom. The standard InChI is InChI=1S/C26H23F2NO5S/c27-19-8-4-17(5-9-19)25(18-6-10-20(28)11-7-18)22-16-21(30)12-13-29(22)35(31,32)24-3-1-2-23-26(24)34-15-14-33-23/h1-11,22,25H,12-16H2. The molecule has 0 N–H and O–H groups in total. The Morgan fingerprint density at radius 1 is 0.857 bits per heavy atom. The maximum Gasteiger partial charge on any atom is 0.247 e. The number of para-hydroxylation sites is 1. The molecule has 0 amide bonds. The maximum atomic E-state index is 14.0. The topological polar surface area (TPSA) is 72.9 Å². The Hall–Kier alpha value is -3.30. The second kappa shape index (κ2) is 9.39. The molecular weight excluding hydrogens is 476 g/mol. The minimum Gasteiger partial charge on any atom is -0.486 e. The van der Waals surface area contributed by atoms with Gasteiger partial charge in [-0.1, -0.05) is 30.3 Å². The summed E-state index contributed by atoms with van der Waals surface area (Å²) < 4.78 is 68.0. The lowest BCUT2D eigenvalue weighted by molar-refractivity contribution is -0.122. The van der Waals surface area contributed by atoms with E-state index in [-0.39, 0.29) is 42.4 Å². The molecule has 0 aromatic heterocycles. The number of carbonyl (C=O) groups excluding carboxylic acids is 1. The molecular formula is C26H23F2NO5S. The van der Waals surface area contributed by atoms with Crippen molar-refractivity contribution in [1.29, 1.82) is 0 Å². The molecule has 0 radical (unpaired) electrons. The normalized spacial score (nSPS) is 18.6. The van der Waals surface area contributed by atoms with Crippen LogP contribution in [0.3, 0.4) is 0 Å². The van der Waals surface area contributed by atoms with Crippen LogP contribution in [0.5, 0.6) is 11.5 Å². The van der Waals surface area contributed by atoms with E-state index < -0.39 is 33.6 Å². The highest BCUT2D eigenvalue weighted by molar-refractivity contribution is 7.89. The van der Waals surface area contributed by atoms with E-state index in [2.05, 4.69) is 0 Å². The van der Waals surface area contributed by atoms with Crippen LogP contribution in [-0.4, -0.2) is 44.3 Å². The molecule has 182 valence electrons. The van der Waals surface area contributed by atoms with E-state index in [1.165, 1.54) is 34.6 Å². The number of carbonyl (C=O) groups is 1. The molecule has 5 rings (SSSR count). The fourth-order valence-electron chi connectivity index (χ4n) is 4.77. The molecule has 1 unspecified atom stereocenters. The van der Waals surface area contributed by atoms with Crippen LogP contribution in [-0.2, 0) is 14.8 Å². The van der Waals surface area contributed by atoms with E-state index in [1.807, 2.05) is 0 Å². The molecule has 35 heavy (non-hydrogen) atoms. The summed E-state index contributed by atoms with van der Waals surface area (Å²) >= 11 is 0. The number of benzene rings is 3. The summed E-state index contributed by atoms with van der Waals surface area (Å²) in [6.45, 7) is 0.513. The zero-order valence-electron chi connectivity index (χ0n) is 18.7.